The summed E-state index contributed by atoms with van der Waals surface area (Å²) in [5, 5.41) is 6.65. The van der Waals surface area contributed by atoms with Gasteiger partial charge in [0.2, 0.25) is 5.95 Å². The summed E-state index contributed by atoms with van der Waals surface area (Å²) in [4.78, 5) is 20.3. The summed E-state index contributed by atoms with van der Waals surface area (Å²) in [7, 11) is 0. The highest BCUT2D eigenvalue weighted by Gasteiger charge is 2.35. The lowest BCUT2D eigenvalue weighted by Gasteiger charge is -2.25. The molecule has 3 aromatic heterocycles. The molecule has 6 rings (SSSR count). The van der Waals surface area contributed by atoms with Crippen molar-refractivity contribution in [1.82, 2.24) is 34.7 Å². The Hall–Kier alpha value is -2.74. The number of aromatic nitrogens is 5. The highest BCUT2D eigenvalue weighted by Crippen LogP contribution is 2.33. The molecule has 0 radical (unpaired) electrons. The van der Waals surface area contributed by atoms with E-state index in [2.05, 4.69) is 71.5 Å². The number of anilines is 2. The number of nitrogens with one attached hydrogen (secondary N) is 2. The standard InChI is InChI=1S/C27H30FIN8O/c1-15(2)37-16(3)34-26-21(29)6-18(7-23(26)37)19-8-25(31-11-20(19)28)35-27-32-9-17(10-33-27)12-36-13-22-24(14-36)38-5-4-30-22/h6-11,15,22,24,30H,4-5,12-14H2,1-3H3,(H,31,32,33,35). The van der Waals surface area contributed by atoms with Crippen molar-refractivity contribution in [3.8, 4) is 11.1 Å². The van der Waals surface area contributed by atoms with E-state index in [9.17, 15) is 4.39 Å². The number of hydrogen-bond donors (Lipinski definition) is 2. The van der Waals surface area contributed by atoms with Gasteiger partial charge in [-0.1, -0.05) is 0 Å². The van der Waals surface area contributed by atoms with Gasteiger partial charge in [0.25, 0.3) is 0 Å². The monoisotopic (exact) mass is 628 g/mol. The molecule has 0 saturated carbocycles. The van der Waals surface area contributed by atoms with Crippen LogP contribution in [0.25, 0.3) is 22.2 Å². The summed E-state index contributed by atoms with van der Waals surface area (Å²) < 4.78 is 24.0. The molecule has 2 N–H and O–H groups in total. The lowest BCUT2D eigenvalue weighted by molar-refractivity contribution is 0.0175. The van der Waals surface area contributed by atoms with Crippen LogP contribution in [0.4, 0.5) is 16.2 Å². The van der Waals surface area contributed by atoms with E-state index in [0.29, 0.717) is 23.4 Å². The van der Waals surface area contributed by atoms with Crippen LogP contribution in [-0.4, -0.2) is 67.8 Å². The number of nitrogens with zero attached hydrogens (tertiary/aromatic N) is 6. The van der Waals surface area contributed by atoms with Gasteiger partial charge in [-0.25, -0.2) is 24.3 Å². The van der Waals surface area contributed by atoms with E-state index in [1.165, 1.54) is 6.20 Å². The number of rotatable bonds is 6. The fraction of sp³-hybridized carbons (Fsp3) is 0.407. The van der Waals surface area contributed by atoms with E-state index >= 15 is 0 Å². The highest BCUT2D eigenvalue weighted by molar-refractivity contribution is 14.1. The normalized spacial score (nSPS) is 19.8. The zero-order valence-corrected chi connectivity index (χ0v) is 23.7. The number of likely N-dealkylation sites (tertiary alicyclic amines) is 1. The minimum absolute atomic E-state index is 0.241. The number of halogens is 2. The third-order valence-corrected chi connectivity index (χ3v) is 7.96. The lowest BCUT2D eigenvalue weighted by atomic mass is 10.1. The molecule has 1 aromatic carbocycles. The summed E-state index contributed by atoms with van der Waals surface area (Å²) in [6.07, 6.45) is 5.13. The first-order chi connectivity index (χ1) is 18.4. The smallest absolute Gasteiger partial charge is 0.228 e. The van der Waals surface area contributed by atoms with Crippen LogP contribution in [0, 0.1) is 16.3 Å². The van der Waals surface area contributed by atoms with Crippen LogP contribution in [0.1, 0.15) is 31.3 Å². The van der Waals surface area contributed by atoms with Gasteiger partial charge < -0.3 is 19.9 Å². The van der Waals surface area contributed by atoms with Crippen molar-refractivity contribution in [2.45, 2.75) is 45.5 Å². The van der Waals surface area contributed by atoms with Crippen molar-refractivity contribution in [3.05, 3.63) is 57.6 Å². The van der Waals surface area contributed by atoms with E-state index in [4.69, 9.17) is 9.72 Å². The second kappa shape index (κ2) is 10.4. The molecule has 2 unspecified atom stereocenters. The molecular formula is C27H30FIN8O. The van der Waals surface area contributed by atoms with Crippen molar-refractivity contribution in [3.63, 3.8) is 0 Å². The summed E-state index contributed by atoms with van der Waals surface area (Å²) in [5.41, 5.74) is 4.18. The molecule has 0 bridgehead atoms. The maximum atomic E-state index is 15.0. The first kappa shape index (κ1) is 25.5. The molecule has 38 heavy (non-hydrogen) atoms. The second-order valence-corrected chi connectivity index (χ2v) is 11.4. The van der Waals surface area contributed by atoms with Crippen LogP contribution in [0.3, 0.4) is 0 Å². The molecule has 198 valence electrons. The zero-order valence-electron chi connectivity index (χ0n) is 21.6. The molecule has 2 aliphatic heterocycles. The molecule has 0 amide bonds. The van der Waals surface area contributed by atoms with E-state index in [0.717, 1.165) is 64.3 Å². The lowest BCUT2D eigenvalue weighted by Crippen LogP contribution is -2.47. The molecule has 2 saturated heterocycles. The second-order valence-electron chi connectivity index (χ2n) is 10.2. The number of fused-ring (bicyclic) bond motifs is 2. The van der Waals surface area contributed by atoms with E-state index < -0.39 is 0 Å². The summed E-state index contributed by atoms with van der Waals surface area (Å²) >= 11 is 2.27. The minimum atomic E-state index is -0.390. The number of ether oxygens (including phenoxy) is 1. The predicted molar refractivity (Wildman–Crippen MR) is 153 cm³/mol. The molecule has 0 spiro atoms. The fourth-order valence-corrected chi connectivity index (χ4v) is 6.21. The number of morpholine rings is 1. The van der Waals surface area contributed by atoms with Crippen molar-refractivity contribution in [2.75, 3.05) is 31.6 Å². The van der Waals surface area contributed by atoms with E-state index in [-0.39, 0.29) is 18.0 Å². The van der Waals surface area contributed by atoms with Gasteiger partial charge in [-0.15, -0.1) is 0 Å². The van der Waals surface area contributed by atoms with Gasteiger partial charge in [0.05, 0.1) is 24.4 Å². The summed E-state index contributed by atoms with van der Waals surface area (Å²) in [6, 6.07) is 6.29. The number of aryl methyl sites for hydroxylation is 1. The molecule has 2 atom stereocenters. The highest BCUT2D eigenvalue weighted by atomic mass is 127. The van der Waals surface area contributed by atoms with Gasteiger partial charge in [0.1, 0.15) is 23.0 Å². The Labute approximate surface area is 234 Å². The van der Waals surface area contributed by atoms with Crippen molar-refractivity contribution in [2.24, 2.45) is 0 Å². The Morgan fingerprint density at radius 3 is 2.74 bits per heavy atom. The molecule has 9 nitrogen and oxygen atoms in total. The predicted octanol–water partition coefficient (Wildman–Crippen LogP) is 4.44. The molecule has 4 aromatic rings. The average molecular weight is 628 g/mol. The van der Waals surface area contributed by atoms with Crippen LogP contribution in [0.15, 0.2) is 36.8 Å². The summed E-state index contributed by atoms with van der Waals surface area (Å²) in [5.74, 6) is 1.44. The summed E-state index contributed by atoms with van der Waals surface area (Å²) in [6.45, 7) is 10.6. The van der Waals surface area contributed by atoms with Gasteiger partial charge >= 0.3 is 0 Å². The van der Waals surface area contributed by atoms with Crippen LogP contribution in [0.5, 0.6) is 0 Å². The molecule has 11 heteroatoms. The van der Waals surface area contributed by atoms with Crippen LogP contribution in [-0.2, 0) is 11.3 Å². The van der Waals surface area contributed by atoms with Crippen molar-refractivity contribution < 1.29 is 9.13 Å². The van der Waals surface area contributed by atoms with Gasteiger partial charge in [-0.05, 0) is 67.1 Å². The zero-order chi connectivity index (χ0) is 26.4. The van der Waals surface area contributed by atoms with Crippen LogP contribution in [0.2, 0.25) is 0 Å². The van der Waals surface area contributed by atoms with E-state index in [1.54, 1.807) is 6.07 Å². The number of pyridine rings is 1. The Morgan fingerprint density at radius 2 is 1.97 bits per heavy atom. The maximum absolute atomic E-state index is 15.0. The molecule has 5 heterocycles. The number of benzene rings is 1. The molecule has 2 aliphatic rings. The van der Waals surface area contributed by atoms with Gasteiger partial charge in [-0.3, -0.25) is 4.90 Å². The first-order valence-electron chi connectivity index (χ1n) is 12.8. The first-order valence-corrected chi connectivity index (χ1v) is 13.9. The van der Waals surface area contributed by atoms with Crippen LogP contribution < -0.4 is 10.6 Å². The van der Waals surface area contributed by atoms with Crippen molar-refractivity contribution in [1.29, 1.82) is 0 Å². The quantitative estimate of drug-likeness (QED) is 0.303. The SMILES string of the molecule is Cc1nc2c(I)cc(-c3cc(Nc4ncc(CN5CC6NCCOC6C5)cn4)ncc3F)cc2n1C(C)C. The molecule has 0 aliphatic carbocycles. The Bertz CT molecular complexity index is 1460. The molecule has 2 fully saturated rings. The van der Waals surface area contributed by atoms with E-state index in [1.807, 2.05) is 31.5 Å². The number of imidazole rings is 1. The van der Waals surface area contributed by atoms with Gasteiger partial charge in [0, 0.05) is 65.4 Å². The largest absolute Gasteiger partial charge is 0.374 e. The average Bonchev–Trinajstić information content (AvgIpc) is 3.46. The minimum Gasteiger partial charge on any atom is -0.374 e. The third kappa shape index (κ3) is 4.99. The van der Waals surface area contributed by atoms with Gasteiger partial charge in [-0.2, -0.15) is 0 Å². The number of hydrogen-bond acceptors (Lipinski definition) is 8. The fourth-order valence-electron chi connectivity index (χ4n) is 5.48. The maximum Gasteiger partial charge on any atom is 0.228 e. The topological polar surface area (TPSA) is 93.0 Å². The van der Waals surface area contributed by atoms with Crippen LogP contribution >= 0.6 is 22.6 Å². The van der Waals surface area contributed by atoms with Crippen molar-refractivity contribution >= 4 is 45.4 Å². The Balaban J connectivity index is 1.20. The molecular weight excluding hydrogens is 598 g/mol. The third-order valence-electron chi connectivity index (χ3n) is 7.14. The van der Waals surface area contributed by atoms with Gasteiger partial charge in [0.15, 0.2) is 0 Å². The Morgan fingerprint density at radius 1 is 1.16 bits per heavy atom. The Kier molecular flexibility index (Phi) is 7.01.